The van der Waals surface area contributed by atoms with E-state index in [1.54, 1.807) is 42.1 Å². The third kappa shape index (κ3) is 4.85. The van der Waals surface area contributed by atoms with Gasteiger partial charge in [-0.15, -0.1) is 0 Å². The summed E-state index contributed by atoms with van der Waals surface area (Å²) in [6, 6.07) is 14.0. The highest BCUT2D eigenvalue weighted by atomic mass is 19.1. The van der Waals surface area contributed by atoms with Crippen molar-refractivity contribution >= 4 is 11.7 Å². The molecule has 0 radical (unpaired) electrons. The maximum atomic E-state index is 13.9. The molecule has 0 aliphatic heterocycles. The van der Waals surface area contributed by atoms with Crippen LogP contribution in [-0.4, -0.2) is 20.8 Å². The van der Waals surface area contributed by atoms with Crippen molar-refractivity contribution in [3.63, 3.8) is 0 Å². The summed E-state index contributed by atoms with van der Waals surface area (Å²) in [7, 11) is 0. The molecule has 2 aromatic heterocycles. The summed E-state index contributed by atoms with van der Waals surface area (Å²) in [4.78, 5) is 12.8. The maximum absolute atomic E-state index is 13.9. The fourth-order valence-corrected chi connectivity index (χ4v) is 3.40. The summed E-state index contributed by atoms with van der Waals surface area (Å²) in [5.74, 6) is 0.774. The van der Waals surface area contributed by atoms with E-state index in [2.05, 4.69) is 21.6 Å². The van der Waals surface area contributed by atoms with E-state index in [0.29, 0.717) is 28.5 Å². The predicted octanol–water partition coefficient (Wildman–Crippen LogP) is 4.82. The number of rotatable bonds is 7. The van der Waals surface area contributed by atoms with Crippen LogP contribution in [0.1, 0.15) is 38.5 Å². The van der Waals surface area contributed by atoms with Crippen LogP contribution in [-0.2, 0) is 13.2 Å². The minimum Gasteiger partial charge on any atom is -0.489 e. The fraction of sp³-hybridized carbons (Fsp3) is 0.208. The normalized spacial score (nSPS) is 10.9. The molecule has 32 heavy (non-hydrogen) atoms. The molecule has 4 aromatic rings. The second-order valence-corrected chi connectivity index (χ2v) is 7.62. The van der Waals surface area contributed by atoms with E-state index >= 15 is 0 Å². The molecular weight excluding hydrogens is 411 g/mol. The van der Waals surface area contributed by atoms with Crippen LogP contribution in [0.2, 0.25) is 0 Å². The minimum atomic E-state index is -0.461. The van der Waals surface area contributed by atoms with Gasteiger partial charge < -0.3 is 14.6 Å². The van der Waals surface area contributed by atoms with E-state index in [1.165, 1.54) is 6.07 Å². The number of nitrogens with zero attached hydrogens (tertiary/aromatic N) is 3. The van der Waals surface area contributed by atoms with Gasteiger partial charge in [0.15, 0.2) is 11.5 Å². The molecule has 0 aliphatic carbocycles. The molecule has 0 saturated heterocycles. The molecular formula is C24H23FN4O3. The Morgan fingerprint density at radius 1 is 1.12 bits per heavy atom. The summed E-state index contributed by atoms with van der Waals surface area (Å²) < 4.78 is 26.5. The van der Waals surface area contributed by atoms with E-state index in [4.69, 9.17) is 9.26 Å². The van der Waals surface area contributed by atoms with Crippen LogP contribution in [0.15, 0.2) is 59.3 Å². The third-order valence-corrected chi connectivity index (χ3v) is 4.95. The topological polar surface area (TPSA) is 82.2 Å². The maximum Gasteiger partial charge on any atom is 0.279 e. The summed E-state index contributed by atoms with van der Waals surface area (Å²) in [6.45, 7) is 6.11. The van der Waals surface area contributed by atoms with Crippen LogP contribution >= 0.6 is 0 Å². The zero-order valence-electron chi connectivity index (χ0n) is 18.1. The fourth-order valence-electron chi connectivity index (χ4n) is 3.40. The van der Waals surface area contributed by atoms with E-state index in [9.17, 15) is 9.18 Å². The van der Waals surface area contributed by atoms with Gasteiger partial charge in [-0.1, -0.05) is 29.4 Å². The average Bonchev–Trinajstić information content (AvgIpc) is 3.33. The molecule has 2 aromatic carbocycles. The van der Waals surface area contributed by atoms with Crippen molar-refractivity contribution in [2.24, 2.45) is 0 Å². The monoisotopic (exact) mass is 434 g/mol. The lowest BCUT2D eigenvalue weighted by atomic mass is 10.1. The number of aromatic nitrogens is 3. The third-order valence-electron chi connectivity index (χ3n) is 4.95. The molecule has 0 fully saturated rings. The zero-order valence-corrected chi connectivity index (χ0v) is 18.1. The van der Waals surface area contributed by atoms with Crippen molar-refractivity contribution in [3.8, 4) is 5.75 Å². The van der Waals surface area contributed by atoms with Crippen molar-refractivity contribution in [3.05, 3.63) is 94.3 Å². The lowest BCUT2D eigenvalue weighted by molar-refractivity contribution is 0.101. The van der Waals surface area contributed by atoms with Gasteiger partial charge in [-0.2, -0.15) is 5.10 Å². The molecule has 0 saturated carbocycles. The number of aryl methyl sites for hydroxylation is 3. The van der Waals surface area contributed by atoms with Crippen LogP contribution in [0.25, 0.3) is 0 Å². The van der Waals surface area contributed by atoms with Gasteiger partial charge in [-0.25, -0.2) is 4.39 Å². The van der Waals surface area contributed by atoms with Crippen LogP contribution < -0.4 is 10.1 Å². The molecule has 8 heteroatoms. The Kier molecular flexibility index (Phi) is 6.02. The molecule has 0 atom stereocenters. The number of carbonyl (C=O) groups excluding carboxylic acids is 1. The number of halogens is 1. The first-order chi connectivity index (χ1) is 15.4. The summed E-state index contributed by atoms with van der Waals surface area (Å²) in [5.41, 5.74) is 3.38. The number of hydrogen-bond acceptors (Lipinski definition) is 5. The van der Waals surface area contributed by atoms with E-state index in [-0.39, 0.29) is 24.7 Å². The molecule has 7 nitrogen and oxygen atoms in total. The highest BCUT2D eigenvalue weighted by Gasteiger charge is 2.21. The smallest absolute Gasteiger partial charge is 0.279 e. The first-order valence-corrected chi connectivity index (χ1v) is 10.1. The van der Waals surface area contributed by atoms with Gasteiger partial charge in [0.05, 0.1) is 12.1 Å². The van der Waals surface area contributed by atoms with Gasteiger partial charge in [-0.3, -0.25) is 9.48 Å². The molecule has 4 rings (SSSR count). The Hall–Kier alpha value is -3.94. The Morgan fingerprint density at radius 2 is 1.88 bits per heavy atom. The summed E-state index contributed by atoms with van der Waals surface area (Å²) in [5, 5.41) is 10.9. The lowest BCUT2D eigenvalue weighted by Gasteiger charge is -2.08. The standard InChI is InChI=1S/C24H23FN4O3/c1-15-10-16(2)12-19(11-15)31-14-20-17(3)32-28-23(20)24(30)26-22-8-9-29(27-22)13-18-6-4-5-7-21(18)25/h4-12H,13-14H2,1-3H3,(H,26,27,30). The zero-order chi connectivity index (χ0) is 22.7. The lowest BCUT2D eigenvalue weighted by Crippen LogP contribution is -2.16. The molecule has 164 valence electrons. The molecule has 0 unspecified atom stereocenters. The number of ether oxygens (including phenoxy) is 1. The quantitative estimate of drug-likeness (QED) is 0.451. The molecule has 0 aliphatic rings. The highest BCUT2D eigenvalue weighted by molar-refractivity contribution is 6.03. The Labute approximate surface area is 184 Å². The molecule has 0 spiro atoms. The van der Waals surface area contributed by atoms with Gasteiger partial charge in [0, 0.05) is 17.8 Å². The van der Waals surface area contributed by atoms with E-state index in [1.807, 2.05) is 26.0 Å². The Morgan fingerprint density at radius 3 is 2.62 bits per heavy atom. The molecule has 2 heterocycles. The summed E-state index contributed by atoms with van der Waals surface area (Å²) >= 11 is 0. The highest BCUT2D eigenvalue weighted by Crippen LogP contribution is 2.21. The van der Waals surface area contributed by atoms with Crippen molar-refractivity contribution in [2.75, 3.05) is 5.32 Å². The van der Waals surface area contributed by atoms with Gasteiger partial charge in [0.2, 0.25) is 0 Å². The van der Waals surface area contributed by atoms with Crippen LogP contribution in [0.4, 0.5) is 10.2 Å². The number of hydrogen-bond donors (Lipinski definition) is 1. The predicted molar refractivity (Wildman–Crippen MR) is 117 cm³/mol. The Bertz CT molecular complexity index is 1240. The van der Waals surface area contributed by atoms with Crippen molar-refractivity contribution in [1.82, 2.24) is 14.9 Å². The second-order valence-electron chi connectivity index (χ2n) is 7.62. The van der Waals surface area contributed by atoms with Crippen molar-refractivity contribution < 1.29 is 18.4 Å². The number of benzene rings is 2. The first kappa shape index (κ1) is 21.3. The van der Waals surface area contributed by atoms with Gasteiger partial charge in [0.1, 0.15) is 23.9 Å². The van der Waals surface area contributed by atoms with Crippen molar-refractivity contribution in [2.45, 2.75) is 33.9 Å². The molecule has 1 amide bonds. The average molecular weight is 434 g/mol. The van der Waals surface area contributed by atoms with Gasteiger partial charge in [-0.05, 0) is 50.1 Å². The van der Waals surface area contributed by atoms with Gasteiger partial charge >= 0.3 is 0 Å². The van der Waals surface area contributed by atoms with Crippen molar-refractivity contribution in [1.29, 1.82) is 0 Å². The van der Waals surface area contributed by atoms with Crippen LogP contribution in [0.3, 0.4) is 0 Å². The van der Waals surface area contributed by atoms with Gasteiger partial charge in [0.25, 0.3) is 5.91 Å². The first-order valence-electron chi connectivity index (χ1n) is 10.1. The minimum absolute atomic E-state index is 0.135. The van der Waals surface area contributed by atoms with E-state index in [0.717, 1.165) is 11.1 Å². The molecule has 0 bridgehead atoms. The molecule has 1 N–H and O–H groups in total. The number of nitrogens with one attached hydrogen (secondary N) is 1. The largest absolute Gasteiger partial charge is 0.489 e. The second kappa shape index (κ2) is 9.05. The van der Waals surface area contributed by atoms with Crippen LogP contribution in [0, 0.1) is 26.6 Å². The number of carbonyl (C=O) groups is 1. The van der Waals surface area contributed by atoms with E-state index < -0.39 is 5.91 Å². The number of amides is 1. The van der Waals surface area contributed by atoms with Crippen LogP contribution in [0.5, 0.6) is 5.75 Å². The summed E-state index contributed by atoms with van der Waals surface area (Å²) in [6.07, 6.45) is 1.67. The SMILES string of the molecule is Cc1cc(C)cc(OCc2c(C(=O)Nc3ccn(Cc4ccccc4F)n3)noc2C)c1. The Balaban J connectivity index is 1.44. The number of anilines is 1.